The van der Waals surface area contributed by atoms with Gasteiger partial charge in [0.25, 0.3) is 0 Å². The number of hydrogen-bond donors (Lipinski definition) is 1. The molecule has 0 amide bonds. The summed E-state index contributed by atoms with van der Waals surface area (Å²) in [5.74, 6) is 0.0665. The van der Waals surface area contributed by atoms with Gasteiger partial charge >= 0.3 is 5.97 Å². The first-order valence-electron chi connectivity index (χ1n) is 6.11. The zero-order valence-electron chi connectivity index (χ0n) is 10.7. The maximum absolute atomic E-state index is 11.0. The van der Waals surface area contributed by atoms with E-state index in [1.807, 2.05) is 32.0 Å². The molecule has 0 bridgehead atoms. The third kappa shape index (κ3) is 2.34. The predicted octanol–water partition coefficient (Wildman–Crippen LogP) is 2.14. The Morgan fingerprint density at radius 1 is 1.50 bits per heavy atom. The summed E-state index contributed by atoms with van der Waals surface area (Å²) in [5.41, 5.74) is 1.70. The van der Waals surface area contributed by atoms with Crippen molar-refractivity contribution in [2.45, 2.75) is 25.7 Å². The Morgan fingerprint density at radius 2 is 2.22 bits per heavy atom. The molecule has 4 heteroatoms. The molecule has 4 nitrogen and oxygen atoms in total. The molecule has 0 saturated carbocycles. The van der Waals surface area contributed by atoms with Crippen molar-refractivity contribution in [3.8, 4) is 5.75 Å². The van der Waals surface area contributed by atoms with Gasteiger partial charge in [-0.25, -0.2) is 0 Å². The van der Waals surface area contributed by atoms with Crippen molar-refractivity contribution in [3.63, 3.8) is 0 Å². The number of aliphatic carboxylic acids is 1. The quantitative estimate of drug-likeness (QED) is 0.869. The second-order valence-electron chi connectivity index (χ2n) is 4.76. The molecule has 1 saturated heterocycles. The number of ether oxygens (including phenoxy) is 2. The fourth-order valence-electron chi connectivity index (χ4n) is 2.31. The molecule has 0 unspecified atom stereocenters. The van der Waals surface area contributed by atoms with Crippen molar-refractivity contribution in [1.82, 2.24) is 0 Å². The van der Waals surface area contributed by atoms with Crippen LogP contribution in [0.2, 0.25) is 0 Å². The average Bonchev–Trinajstić information content (AvgIpc) is 2.26. The zero-order chi connectivity index (χ0) is 13.2. The second kappa shape index (κ2) is 4.98. The van der Waals surface area contributed by atoms with Gasteiger partial charge in [0, 0.05) is 0 Å². The summed E-state index contributed by atoms with van der Waals surface area (Å²) in [6.45, 7) is 5.50. The Bertz CT molecular complexity index is 449. The van der Waals surface area contributed by atoms with Crippen LogP contribution >= 0.6 is 0 Å². The number of benzene rings is 1. The van der Waals surface area contributed by atoms with Gasteiger partial charge < -0.3 is 14.6 Å². The highest BCUT2D eigenvalue weighted by molar-refractivity contribution is 5.69. The molecule has 0 aromatic heterocycles. The number of carboxylic acid groups (broad SMARTS) is 1. The van der Waals surface area contributed by atoms with Crippen LogP contribution in [0.25, 0.3) is 0 Å². The molecule has 0 atom stereocenters. The lowest BCUT2D eigenvalue weighted by molar-refractivity contribution is -0.145. The minimum Gasteiger partial charge on any atom is -0.494 e. The minimum atomic E-state index is -0.787. The molecule has 1 aromatic carbocycles. The lowest BCUT2D eigenvalue weighted by Crippen LogP contribution is -2.48. The SMILES string of the molecule is CCOc1ccc(C2(CC(=O)O)COC2)cc1C. The van der Waals surface area contributed by atoms with Crippen LogP contribution in [0.15, 0.2) is 18.2 Å². The van der Waals surface area contributed by atoms with Crippen molar-refractivity contribution >= 4 is 5.97 Å². The van der Waals surface area contributed by atoms with Crippen LogP contribution in [-0.2, 0) is 14.9 Å². The van der Waals surface area contributed by atoms with Crippen LogP contribution in [0, 0.1) is 6.92 Å². The van der Waals surface area contributed by atoms with E-state index in [1.165, 1.54) is 0 Å². The van der Waals surface area contributed by atoms with Crippen LogP contribution < -0.4 is 4.74 Å². The van der Waals surface area contributed by atoms with Crippen molar-refractivity contribution < 1.29 is 19.4 Å². The number of carboxylic acids is 1. The van der Waals surface area contributed by atoms with Gasteiger partial charge in [0.05, 0.1) is 31.7 Å². The summed E-state index contributed by atoms with van der Waals surface area (Å²) in [6, 6.07) is 5.87. The van der Waals surface area contributed by atoms with Crippen LogP contribution in [0.3, 0.4) is 0 Å². The maximum atomic E-state index is 11.0. The van der Waals surface area contributed by atoms with Crippen LogP contribution in [-0.4, -0.2) is 30.9 Å². The van der Waals surface area contributed by atoms with E-state index in [9.17, 15) is 4.79 Å². The highest BCUT2D eigenvalue weighted by atomic mass is 16.5. The Balaban J connectivity index is 2.27. The average molecular weight is 250 g/mol. The summed E-state index contributed by atoms with van der Waals surface area (Å²) in [6.07, 6.45) is 0.112. The zero-order valence-corrected chi connectivity index (χ0v) is 10.7. The van der Waals surface area contributed by atoms with Gasteiger partial charge in [-0.15, -0.1) is 0 Å². The van der Waals surface area contributed by atoms with Crippen LogP contribution in [0.4, 0.5) is 0 Å². The van der Waals surface area contributed by atoms with Crippen LogP contribution in [0.5, 0.6) is 5.75 Å². The van der Waals surface area contributed by atoms with E-state index >= 15 is 0 Å². The third-order valence-electron chi connectivity index (χ3n) is 3.33. The number of aryl methyl sites for hydroxylation is 1. The maximum Gasteiger partial charge on any atom is 0.304 e. The van der Waals surface area contributed by atoms with Crippen molar-refractivity contribution in [1.29, 1.82) is 0 Å². The van der Waals surface area contributed by atoms with Crippen molar-refractivity contribution in [2.75, 3.05) is 19.8 Å². The summed E-state index contributed by atoms with van der Waals surface area (Å²) in [7, 11) is 0. The first-order valence-corrected chi connectivity index (χ1v) is 6.11. The molecule has 1 aliphatic heterocycles. The number of rotatable bonds is 5. The van der Waals surface area contributed by atoms with Gasteiger partial charge in [-0.2, -0.15) is 0 Å². The largest absolute Gasteiger partial charge is 0.494 e. The number of carbonyl (C=O) groups is 1. The monoisotopic (exact) mass is 250 g/mol. The van der Waals surface area contributed by atoms with E-state index in [0.29, 0.717) is 19.8 Å². The first kappa shape index (κ1) is 12.9. The molecule has 1 N–H and O–H groups in total. The molecule has 1 heterocycles. The molecule has 1 fully saturated rings. The molecule has 1 aromatic rings. The standard InChI is InChI=1S/C14H18O4/c1-3-18-12-5-4-11(6-10(12)2)14(7-13(15)16)8-17-9-14/h4-6H,3,7-9H2,1-2H3,(H,15,16). The number of hydrogen-bond acceptors (Lipinski definition) is 3. The van der Waals surface area contributed by atoms with E-state index in [0.717, 1.165) is 16.9 Å². The molecule has 98 valence electrons. The van der Waals surface area contributed by atoms with E-state index < -0.39 is 5.97 Å². The highest BCUT2D eigenvalue weighted by Gasteiger charge is 2.42. The van der Waals surface area contributed by atoms with Crippen molar-refractivity contribution in [3.05, 3.63) is 29.3 Å². The summed E-state index contributed by atoms with van der Waals surface area (Å²) >= 11 is 0. The molecule has 0 spiro atoms. The Morgan fingerprint density at radius 3 is 2.67 bits per heavy atom. The molecule has 2 rings (SSSR count). The van der Waals surface area contributed by atoms with Gasteiger partial charge in [0.2, 0.25) is 0 Å². The van der Waals surface area contributed by atoms with Gasteiger partial charge in [-0.05, 0) is 31.0 Å². The van der Waals surface area contributed by atoms with E-state index in [4.69, 9.17) is 14.6 Å². The lowest BCUT2D eigenvalue weighted by atomic mass is 9.75. The minimum absolute atomic E-state index is 0.112. The van der Waals surface area contributed by atoms with Crippen LogP contribution in [0.1, 0.15) is 24.5 Å². The summed E-state index contributed by atoms with van der Waals surface area (Å²) < 4.78 is 10.7. The molecule has 18 heavy (non-hydrogen) atoms. The van der Waals surface area contributed by atoms with E-state index in [1.54, 1.807) is 0 Å². The molecular formula is C14H18O4. The molecule has 0 aliphatic carbocycles. The van der Waals surface area contributed by atoms with Crippen molar-refractivity contribution in [2.24, 2.45) is 0 Å². The van der Waals surface area contributed by atoms with Gasteiger partial charge in [-0.3, -0.25) is 4.79 Å². The Labute approximate surface area is 107 Å². The van der Waals surface area contributed by atoms with E-state index in [2.05, 4.69) is 0 Å². The highest BCUT2D eigenvalue weighted by Crippen LogP contribution is 2.37. The Kier molecular flexibility index (Phi) is 3.57. The summed E-state index contributed by atoms with van der Waals surface area (Å²) in [5, 5.41) is 9.00. The second-order valence-corrected chi connectivity index (χ2v) is 4.76. The van der Waals surface area contributed by atoms with Gasteiger partial charge in [0.15, 0.2) is 0 Å². The lowest BCUT2D eigenvalue weighted by Gasteiger charge is -2.41. The van der Waals surface area contributed by atoms with E-state index in [-0.39, 0.29) is 11.8 Å². The normalized spacial score (nSPS) is 17.0. The van der Waals surface area contributed by atoms with Gasteiger partial charge in [-0.1, -0.05) is 12.1 Å². The summed E-state index contributed by atoms with van der Waals surface area (Å²) in [4.78, 5) is 11.0. The third-order valence-corrected chi connectivity index (χ3v) is 3.33. The Hall–Kier alpha value is -1.55. The van der Waals surface area contributed by atoms with Gasteiger partial charge in [0.1, 0.15) is 5.75 Å². The topological polar surface area (TPSA) is 55.8 Å². The molecule has 0 radical (unpaired) electrons. The molecule has 1 aliphatic rings. The first-order chi connectivity index (χ1) is 8.57. The predicted molar refractivity (Wildman–Crippen MR) is 67.1 cm³/mol. The molecular weight excluding hydrogens is 232 g/mol. The smallest absolute Gasteiger partial charge is 0.304 e. The fourth-order valence-corrected chi connectivity index (χ4v) is 2.31. The fraction of sp³-hybridized carbons (Fsp3) is 0.500.